The highest BCUT2D eigenvalue weighted by molar-refractivity contribution is 5.86. The summed E-state index contributed by atoms with van der Waals surface area (Å²) in [5.74, 6) is 0.729. The van der Waals surface area contributed by atoms with Gasteiger partial charge >= 0.3 is 0 Å². The predicted molar refractivity (Wildman–Crippen MR) is 215 cm³/mol. The van der Waals surface area contributed by atoms with Crippen LogP contribution in [-0.2, 0) is 5.41 Å². The minimum Gasteiger partial charge on any atom is -0.310 e. The summed E-state index contributed by atoms with van der Waals surface area (Å²) in [6.45, 7) is 18.4. The molecule has 2 unspecified atom stereocenters. The second-order valence-electron chi connectivity index (χ2n) is 15.4. The summed E-state index contributed by atoms with van der Waals surface area (Å²) in [6, 6.07) is 31.8. The molecule has 0 N–H and O–H groups in total. The maximum absolute atomic E-state index is 4.37. The first-order chi connectivity index (χ1) is 24.1. The van der Waals surface area contributed by atoms with Gasteiger partial charge in [0.05, 0.1) is 11.4 Å². The van der Waals surface area contributed by atoms with Crippen molar-refractivity contribution in [2.24, 2.45) is 11.3 Å². The zero-order valence-electron chi connectivity index (χ0n) is 30.3. The molecular weight excluding hydrogens is 603 g/mol. The van der Waals surface area contributed by atoms with Crippen molar-refractivity contribution >= 4 is 11.8 Å². The van der Waals surface area contributed by atoms with Crippen LogP contribution < -0.4 is 4.90 Å². The molecule has 248 valence electrons. The number of anilines is 1. The van der Waals surface area contributed by atoms with Crippen molar-refractivity contribution in [2.45, 2.75) is 59.3 Å². The Hall–Kier alpha value is -5.14. The van der Waals surface area contributed by atoms with E-state index < -0.39 is 0 Å². The van der Waals surface area contributed by atoms with Crippen LogP contribution in [0.25, 0.3) is 39.5 Å². The smallest absolute Gasteiger partial charge is 0.0536 e. The van der Waals surface area contributed by atoms with Gasteiger partial charge in [-0.1, -0.05) is 163 Å². The summed E-state index contributed by atoms with van der Waals surface area (Å²) in [6.07, 6.45) is 21.6. The van der Waals surface area contributed by atoms with Gasteiger partial charge in [-0.3, -0.25) is 0 Å². The molecule has 2 aliphatic carbocycles. The number of allylic oxidation sites excluding steroid dienone is 10. The first kappa shape index (κ1) is 32.1. The van der Waals surface area contributed by atoms with E-state index in [1.165, 1.54) is 78.3 Å². The van der Waals surface area contributed by atoms with Gasteiger partial charge in [-0.15, -0.1) is 0 Å². The van der Waals surface area contributed by atoms with Crippen LogP contribution in [0.5, 0.6) is 0 Å². The van der Waals surface area contributed by atoms with E-state index in [1.807, 2.05) is 0 Å². The Morgan fingerprint density at radius 1 is 0.780 bits per heavy atom. The average molecular weight is 650 g/mol. The van der Waals surface area contributed by atoms with Crippen molar-refractivity contribution in [3.63, 3.8) is 0 Å². The molecule has 4 aliphatic rings. The summed E-state index contributed by atoms with van der Waals surface area (Å²) in [5, 5.41) is 0. The van der Waals surface area contributed by atoms with E-state index in [2.05, 4.69) is 193 Å². The normalized spacial score (nSPS) is 21.9. The van der Waals surface area contributed by atoms with E-state index >= 15 is 0 Å². The molecule has 0 saturated carbocycles. The maximum atomic E-state index is 4.37. The molecule has 1 nitrogen and oxygen atoms in total. The van der Waals surface area contributed by atoms with Gasteiger partial charge in [0.15, 0.2) is 0 Å². The topological polar surface area (TPSA) is 3.24 Å². The molecule has 2 heterocycles. The van der Waals surface area contributed by atoms with E-state index in [0.29, 0.717) is 5.92 Å². The largest absolute Gasteiger partial charge is 0.310 e. The van der Waals surface area contributed by atoms with Gasteiger partial charge in [0.25, 0.3) is 0 Å². The second kappa shape index (κ2) is 12.0. The number of hydrogen-bond donors (Lipinski definition) is 0. The SMILES string of the molecule is C=CC1=C2/C(=C\C)C(C)(C)c3cc(-c4ccc(-c5ccc(-c6ccccc6)c6c5C(C)CC=C6)cc4)ccc3N2C2=CC(C=CC=C2)C1(C)C. The van der Waals surface area contributed by atoms with Crippen molar-refractivity contribution < 1.29 is 0 Å². The quantitative estimate of drug-likeness (QED) is 0.213. The Balaban J connectivity index is 1.23. The summed E-state index contributed by atoms with van der Waals surface area (Å²) in [4.78, 5) is 2.50. The third-order valence-electron chi connectivity index (χ3n) is 11.8. The van der Waals surface area contributed by atoms with Crippen LogP contribution in [0.3, 0.4) is 0 Å². The third kappa shape index (κ3) is 4.90. The molecule has 2 atom stereocenters. The van der Waals surface area contributed by atoms with Crippen LogP contribution >= 0.6 is 0 Å². The van der Waals surface area contributed by atoms with Crippen molar-refractivity contribution in [1.29, 1.82) is 0 Å². The van der Waals surface area contributed by atoms with Crippen molar-refractivity contribution in [2.75, 3.05) is 4.90 Å². The molecule has 4 aromatic rings. The molecule has 0 spiro atoms. The first-order valence-corrected chi connectivity index (χ1v) is 18.2. The highest BCUT2D eigenvalue weighted by atomic mass is 15.2. The number of fused-ring (bicyclic) bond motifs is 6. The van der Waals surface area contributed by atoms with Crippen LogP contribution in [0, 0.1) is 11.3 Å². The summed E-state index contributed by atoms with van der Waals surface area (Å²) in [7, 11) is 0. The van der Waals surface area contributed by atoms with Crippen LogP contribution in [0.1, 0.15) is 70.6 Å². The zero-order chi connectivity index (χ0) is 34.8. The monoisotopic (exact) mass is 649 g/mol. The van der Waals surface area contributed by atoms with Crippen molar-refractivity contribution in [3.05, 3.63) is 179 Å². The van der Waals surface area contributed by atoms with Gasteiger partial charge in [0.1, 0.15) is 0 Å². The summed E-state index contributed by atoms with van der Waals surface area (Å²) in [5.41, 5.74) is 17.9. The van der Waals surface area contributed by atoms with Crippen molar-refractivity contribution in [1.82, 2.24) is 0 Å². The van der Waals surface area contributed by atoms with E-state index in [9.17, 15) is 0 Å². The van der Waals surface area contributed by atoms with Crippen LogP contribution in [0.2, 0.25) is 0 Å². The number of nitrogens with zero attached hydrogens (tertiary/aromatic N) is 1. The zero-order valence-corrected chi connectivity index (χ0v) is 30.3. The molecule has 0 saturated heterocycles. The Kier molecular flexibility index (Phi) is 7.72. The fourth-order valence-electron chi connectivity index (χ4n) is 9.02. The van der Waals surface area contributed by atoms with E-state index in [1.54, 1.807) is 0 Å². The number of rotatable bonds is 4. The molecular formula is C49H47N. The first-order valence-electron chi connectivity index (χ1n) is 18.2. The molecule has 4 aromatic carbocycles. The van der Waals surface area contributed by atoms with Gasteiger partial charge in [-0.2, -0.15) is 0 Å². The lowest BCUT2D eigenvalue weighted by atomic mass is 9.67. The molecule has 0 radical (unpaired) electrons. The van der Waals surface area contributed by atoms with E-state index in [4.69, 9.17) is 0 Å². The molecule has 50 heavy (non-hydrogen) atoms. The lowest BCUT2D eigenvalue weighted by molar-refractivity contribution is 0.381. The Labute approximate surface area is 299 Å². The van der Waals surface area contributed by atoms with Crippen LogP contribution in [0.4, 0.5) is 5.69 Å². The van der Waals surface area contributed by atoms with Gasteiger partial charge in [0, 0.05) is 22.4 Å². The standard InChI is InChI=1S/C49H47N/c1-8-42-47-43(9-2)49(6,7)44-30-36(26-29-45(44)50(47)38-20-14-13-19-37(31-38)48(42,4)5)33-22-24-35(25-23-33)40-28-27-39(34-17-11-10-12-18-34)41-21-15-16-32(3)46(40)41/h8-15,17-32,37H,1,16H2,2-7H3/b43-9+. The molecule has 2 aliphatic heterocycles. The molecule has 8 rings (SSSR count). The van der Waals surface area contributed by atoms with Gasteiger partial charge in [-0.25, -0.2) is 0 Å². The summed E-state index contributed by atoms with van der Waals surface area (Å²) >= 11 is 0. The third-order valence-corrected chi connectivity index (χ3v) is 11.8. The van der Waals surface area contributed by atoms with Gasteiger partial charge in [0.2, 0.25) is 0 Å². The lowest BCUT2D eigenvalue weighted by Gasteiger charge is -2.46. The Morgan fingerprint density at radius 2 is 1.48 bits per heavy atom. The molecule has 0 fully saturated rings. The lowest BCUT2D eigenvalue weighted by Crippen LogP contribution is -2.38. The van der Waals surface area contributed by atoms with E-state index in [0.717, 1.165) is 6.42 Å². The fourth-order valence-corrected chi connectivity index (χ4v) is 9.02. The van der Waals surface area contributed by atoms with Crippen LogP contribution in [-0.4, -0.2) is 0 Å². The summed E-state index contributed by atoms with van der Waals surface area (Å²) < 4.78 is 0. The van der Waals surface area contributed by atoms with Crippen molar-refractivity contribution in [3.8, 4) is 33.4 Å². The highest BCUT2D eigenvalue weighted by Crippen LogP contribution is 2.56. The van der Waals surface area contributed by atoms with Gasteiger partial charge < -0.3 is 4.90 Å². The van der Waals surface area contributed by atoms with Crippen LogP contribution in [0.15, 0.2) is 163 Å². The maximum Gasteiger partial charge on any atom is 0.0536 e. The second-order valence-corrected chi connectivity index (χ2v) is 15.4. The van der Waals surface area contributed by atoms with Gasteiger partial charge in [-0.05, 0) is 98.7 Å². The minimum atomic E-state index is -0.200. The number of hydrogen-bond acceptors (Lipinski definition) is 1. The van der Waals surface area contributed by atoms with E-state index in [-0.39, 0.29) is 16.7 Å². The molecule has 1 heteroatoms. The fraction of sp³-hybridized carbons (Fsp3) is 0.224. The Morgan fingerprint density at radius 3 is 2.22 bits per heavy atom. The highest BCUT2D eigenvalue weighted by Gasteiger charge is 2.45. The molecule has 2 bridgehead atoms. The molecule has 0 amide bonds. The number of benzene rings is 4. The average Bonchev–Trinajstić information content (AvgIpc) is 3.43. The Bertz CT molecular complexity index is 2210. The predicted octanol–water partition coefficient (Wildman–Crippen LogP) is 13.4. The minimum absolute atomic E-state index is 0.113. The molecule has 0 aromatic heterocycles.